The second kappa shape index (κ2) is 6.15. The number of hydrogen-bond donors (Lipinski definition) is 1. The maximum Gasteiger partial charge on any atom is 0.329 e. The molecule has 1 saturated heterocycles. The van der Waals surface area contributed by atoms with Gasteiger partial charge in [0.1, 0.15) is 11.3 Å². The number of aliphatic carboxylic acids is 1. The fourth-order valence-corrected chi connectivity index (χ4v) is 3.16. The molecule has 1 aliphatic heterocycles. The van der Waals surface area contributed by atoms with Crippen LogP contribution in [0.25, 0.3) is 11.3 Å². The van der Waals surface area contributed by atoms with Crippen LogP contribution in [0.3, 0.4) is 0 Å². The van der Waals surface area contributed by atoms with Gasteiger partial charge in [-0.1, -0.05) is 31.2 Å². The molecule has 1 N–H and O–H groups in total. The smallest absolute Gasteiger partial charge is 0.329 e. The van der Waals surface area contributed by atoms with Gasteiger partial charge in [0, 0.05) is 12.1 Å². The van der Waals surface area contributed by atoms with Crippen molar-refractivity contribution in [3.63, 3.8) is 0 Å². The molecular weight excluding hydrogens is 306 g/mol. The minimum absolute atomic E-state index is 0.180. The van der Waals surface area contributed by atoms with E-state index in [9.17, 15) is 14.7 Å². The van der Waals surface area contributed by atoms with E-state index in [1.165, 1.54) is 10.5 Å². The van der Waals surface area contributed by atoms with Gasteiger partial charge in [-0.25, -0.2) is 4.79 Å². The van der Waals surface area contributed by atoms with E-state index in [4.69, 9.17) is 4.42 Å². The number of furan rings is 1. The number of carbonyl (C=O) groups is 2. The van der Waals surface area contributed by atoms with Crippen molar-refractivity contribution in [1.29, 1.82) is 0 Å². The van der Waals surface area contributed by atoms with Gasteiger partial charge in [0.25, 0.3) is 5.91 Å². The predicted octanol–water partition coefficient (Wildman–Crippen LogP) is 3.59. The molecule has 126 valence electrons. The molecule has 1 aliphatic rings. The average Bonchev–Trinajstić information content (AvgIpc) is 3.22. The Morgan fingerprint density at radius 2 is 1.92 bits per heavy atom. The monoisotopic (exact) mass is 327 g/mol. The van der Waals surface area contributed by atoms with Crippen LogP contribution in [0.5, 0.6) is 0 Å². The van der Waals surface area contributed by atoms with Crippen LogP contribution in [0.1, 0.15) is 42.8 Å². The van der Waals surface area contributed by atoms with Gasteiger partial charge < -0.3 is 14.4 Å². The molecule has 2 aromatic rings. The summed E-state index contributed by atoms with van der Waals surface area (Å²) in [5, 5.41) is 9.45. The number of carboxylic acids is 1. The number of hydrogen-bond acceptors (Lipinski definition) is 3. The molecule has 1 unspecified atom stereocenters. The zero-order valence-corrected chi connectivity index (χ0v) is 13.9. The normalized spacial score (nSPS) is 20.3. The Morgan fingerprint density at radius 1 is 1.21 bits per heavy atom. The lowest BCUT2D eigenvalue weighted by atomic mass is 9.99. The van der Waals surface area contributed by atoms with Gasteiger partial charge in [-0.2, -0.15) is 0 Å². The van der Waals surface area contributed by atoms with Crippen LogP contribution < -0.4 is 0 Å². The number of rotatable bonds is 4. The lowest BCUT2D eigenvalue weighted by Crippen LogP contribution is -2.50. The van der Waals surface area contributed by atoms with Crippen molar-refractivity contribution < 1.29 is 19.1 Å². The van der Waals surface area contributed by atoms with Crippen LogP contribution in [-0.4, -0.2) is 34.0 Å². The second-order valence-electron chi connectivity index (χ2n) is 6.35. The Kier molecular flexibility index (Phi) is 4.18. The van der Waals surface area contributed by atoms with Crippen molar-refractivity contribution >= 4 is 11.9 Å². The van der Waals surface area contributed by atoms with Crippen molar-refractivity contribution in [3.8, 4) is 11.3 Å². The van der Waals surface area contributed by atoms with Crippen molar-refractivity contribution in [2.75, 3.05) is 6.54 Å². The number of amides is 1. The molecule has 3 rings (SSSR count). The minimum Gasteiger partial charge on any atom is -0.480 e. The minimum atomic E-state index is -1.16. The highest BCUT2D eigenvalue weighted by Crippen LogP contribution is 2.32. The first-order valence-corrected chi connectivity index (χ1v) is 8.20. The van der Waals surface area contributed by atoms with E-state index in [2.05, 4.69) is 6.92 Å². The first kappa shape index (κ1) is 16.3. The molecule has 0 aliphatic carbocycles. The Bertz CT molecular complexity index is 762. The topological polar surface area (TPSA) is 70.8 Å². The van der Waals surface area contributed by atoms with E-state index in [-0.39, 0.29) is 11.7 Å². The van der Waals surface area contributed by atoms with E-state index in [1.54, 1.807) is 19.1 Å². The first-order chi connectivity index (χ1) is 11.5. The number of carbonyl (C=O) groups excluding carboxylic acids is 1. The Balaban J connectivity index is 1.84. The summed E-state index contributed by atoms with van der Waals surface area (Å²) in [6, 6.07) is 11.4. The first-order valence-electron chi connectivity index (χ1n) is 8.20. The zero-order valence-electron chi connectivity index (χ0n) is 13.9. The summed E-state index contributed by atoms with van der Waals surface area (Å²) in [6.45, 7) is 4.12. The van der Waals surface area contributed by atoms with Crippen molar-refractivity contribution in [2.45, 2.75) is 38.6 Å². The van der Waals surface area contributed by atoms with Crippen LogP contribution in [-0.2, 0) is 11.2 Å². The Morgan fingerprint density at radius 3 is 2.54 bits per heavy atom. The number of carboxylic acid groups (broad SMARTS) is 1. The van der Waals surface area contributed by atoms with E-state index >= 15 is 0 Å². The molecule has 5 nitrogen and oxygen atoms in total. The SMILES string of the molecule is CCc1ccc(-c2ccc(C(=O)N3CCCC3(C)C(=O)O)o2)cc1. The molecule has 2 heterocycles. The van der Waals surface area contributed by atoms with Crippen LogP contribution in [0, 0.1) is 0 Å². The summed E-state index contributed by atoms with van der Waals surface area (Å²) in [7, 11) is 0. The lowest BCUT2D eigenvalue weighted by molar-refractivity contribution is -0.147. The highest BCUT2D eigenvalue weighted by molar-refractivity contribution is 5.96. The second-order valence-corrected chi connectivity index (χ2v) is 6.35. The number of nitrogens with zero attached hydrogens (tertiary/aromatic N) is 1. The standard InChI is InChI=1S/C19H21NO4/c1-3-13-5-7-14(8-6-13)15-9-10-16(24-15)17(21)20-12-4-11-19(20,2)18(22)23/h5-10H,3-4,11-12H2,1-2H3,(H,22,23). The molecule has 1 amide bonds. The van der Waals surface area contributed by atoms with Gasteiger partial charge in [0.15, 0.2) is 5.76 Å². The molecular formula is C19H21NO4. The molecule has 0 bridgehead atoms. The summed E-state index contributed by atoms with van der Waals surface area (Å²) in [6.07, 6.45) is 2.10. The van der Waals surface area contributed by atoms with E-state index in [0.717, 1.165) is 12.0 Å². The van der Waals surface area contributed by atoms with Gasteiger partial charge in [-0.05, 0) is 43.9 Å². The van der Waals surface area contributed by atoms with E-state index < -0.39 is 11.5 Å². The van der Waals surface area contributed by atoms with Crippen LogP contribution in [0.2, 0.25) is 0 Å². The van der Waals surface area contributed by atoms with Gasteiger partial charge in [-0.15, -0.1) is 0 Å². The van der Waals surface area contributed by atoms with Gasteiger partial charge in [-0.3, -0.25) is 4.79 Å². The average molecular weight is 327 g/mol. The molecule has 0 spiro atoms. The highest BCUT2D eigenvalue weighted by atomic mass is 16.4. The maximum atomic E-state index is 12.7. The Hall–Kier alpha value is -2.56. The number of benzene rings is 1. The molecule has 5 heteroatoms. The molecule has 1 aromatic heterocycles. The summed E-state index contributed by atoms with van der Waals surface area (Å²) < 4.78 is 5.71. The summed E-state index contributed by atoms with van der Waals surface area (Å²) in [5.74, 6) is -0.555. The van der Waals surface area contributed by atoms with Crippen LogP contribution in [0.15, 0.2) is 40.8 Å². The molecule has 1 fully saturated rings. The largest absolute Gasteiger partial charge is 0.480 e. The fraction of sp³-hybridized carbons (Fsp3) is 0.368. The van der Waals surface area contributed by atoms with Crippen molar-refractivity contribution in [2.24, 2.45) is 0 Å². The van der Waals surface area contributed by atoms with Gasteiger partial charge in [0.2, 0.25) is 0 Å². The molecule has 24 heavy (non-hydrogen) atoms. The lowest BCUT2D eigenvalue weighted by Gasteiger charge is -2.30. The third kappa shape index (κ3) is 2.70. The number of aryl methyl sites for hydroxylation is 1. The van der Waals surface area contributed by atoms with E-state index in [1.807, 2.05) is 24.3 Å². The van der Waals surface area contributed by atoms with Crippen molar-refractivity contribution in [1.82, 2.24) is 4.90 Å². The molecule has 0 radical (unpaired) electrons. The van der Waals surface area contributed by atoms with Crippen LogP contribution >= 0.6 is 0 Å². The third-order valence-corrected chi connectivity index (χ3v) is 4.81. The maximum absolute atomic E-state index is 12.7. The predicted molar refractivity (Wildman–Crippen MR) is 89.8 cm³/mol. The summed E-state index contributed by atoms with van der Waals surface area (Å²) in [5.41, 5.74) is 0.969. The summed E-state index contributed by atoms with van der Waals surface area (Å²) in [4.78, 5) is 25.6. The van der Waals surface area contributed by atoms with E-state index in [0.29, 0.717) is 25.1 Å². The molecule has 1 aromatic carbocycles. The summed E-state index contributed by atoms with van der Waals surface area (Å²) >= 11 is 0. The highest BCUT2D eigenvalue weighted by Gasteiger charge is 2.46. The van der Waals surface area contributed by atoms with Crippen LogP contribution in [0.4, 0.5) is 0 Å². The van der Waals surface area contributed by atoms with Crippen molar-refractivity contribution in [3.05, 3.63) is 47.7 Å². The molecule has 0 saturated carbocycles. The zero-order chi connectivity index (χ0) is 17.3. The molecule has 1 atom stereocenters. The fourth-order valence-electron chi connectivity index (χ4n) is 3.16. The third-order valence-electron chi connectivity index (χ3n) is 4.81. The van der Waals surface area contributed by atoms with Gasteiger partial charge in [0.05, 0.1) is 0 Å². The van der Waals surface area contributed by atoms with Gasteiger partial charge >= 0.3 is 5.97 Å². The quantitative estimate of drug-likeness (QED) is 0.931. The number of likely N-dealkylation sites (tertiary alicyclic amines) is 1. The Labute approximate surface area is 140 Å².